The van der Waals surface area contributed by atoms with Gasteiger partial charge in [-0.1, -0.05) is 44.2 Å². The third-order valence-corrected chi connectivity index (χ3v) is 4.88. The van der Waals surface area contributed by atoms with Gasteiger partial charge in [0, 0.05) is 36.9 Å². The fourth-order valence-electron chi connectivity index (χ4n) is 3.43. The van der Waals surface area contributed by atoms with Crippen molar-refractivity contribution in [3.05, 3.63) is 77.9 Å². The first-order chi connectivity index (χ1) is 15.3. The van der Waals surface area contributed by atoms with E-state index < -0.39 is 0 Å². The van der Waals surface area contributed by atoms with Crippen molar-refractivity contribution in [2.45, 2.75) is 26.2 Å². The first-order valence-corrected chi connectivity index (χ1v) is 10.4. The van der Waals surface area contributed by atoms with Crippen molar-refractivity contribution in [1.29, 1.82) is 0 Å². The number of pyridine rings is 1. The Morgan fingerprint density at radius 3 is 2.71 bits per heavy atom. The van der Waals surface area contributed by atoms with E-state index in [-0.39, 0.29) is 11.7 Å². The molecule has 0 saturated heterocycles. The molecule has 1 aromatic heterocycles. The van der Waals surface area contributed by atoms with Crippen molar-refractivity contribution in [2.24, 2.45) is 0 Å². The van der Waals surface area contributed by atoms with E-state index in [1.165, 1.54) is 6.07 Å². The summed E-state index contributed by atoms with van der Waals surface area (Å²) < 4.78 is 19.9. The van der Waals surface area contributed by atoms with Gasteiger partial charge in [-0.15, -0.1) is 0 Å². The summed E-state index contributed by atoms with van der Waals surface area (Å²) in [6.07, 6.45) is 4.95. The van der Waals surface area contributed by atoms with E-state index in [1.807, 2.05) is 38.1 Å². The van der Waals surface area contributed by atoms with Crippen LogP contribution in [0.15, 0.2) is 60.9 Å². The number of aliphatic hydroxyl groups is 1. The van der Waals surface area contributed by atoms with E-state index in [0.717, 1.165) is 42.4 Å². The molecule has 0 bridgehead atoms. The fraction of sp³-hybridized carbons (Fsp3) is 0.280. The van der Waals surface area contributed by atoms with E-state index in [0.29, 0.717) is 24.3 Å². The van der Waals surface area contributed by atoms with Crippen molar-refractivity contribution < 1.29 is 19.0 Å². The Kier molecular flexibility index (Phi) is 9.65. The molecular weight excluding hydrogens is 395 g/mol. The second-order valence-corrected chi connectivity index (χ2v) is 6.53. The van der Waals surface area contributed by atoms with Gasteiger partial charge in [0.05, 0.1) is 18.5 Å². The van der Waals surface area contributed by atoms with E-state index in [9.17, 15) is 9.18 Å². The molecule has 0 aliphatic carbocycles. The molecule has 2 aromatic carbocycles. The number of fused-ring (bicyclic) bond motifs is 1. The molecule has 3 aromatic rings. The average Bonchev–Trinajstić information content (AvgIpc) is 2.85. The molecule has 2 heterocycles. The second kappa shape index (κ2) is 12.4. The number of hydrogen-bond acceptors (Lipinski definition) is 5. The molecule has 0 radical (unpaired) electrons. The van der Waals surface area contributed by atoms with Gasteiger partial charge in [-0.25, -0.2) is 4.39 Å². The minimum absolute atomic E-state index is 0.239. The SMILES string of the molecule is CC.CO.O=Cc1ccncc1NCC1CCOc2cc(-c3ccccc3F)ccc21. The highest BCUT2D eigenvalue weighted by atomic mass is 19.1. The summed E-state index contributed by atoms with van der Waals surface area (Å²) in [5.41, 5.74) is 3.77. The summed E-state index contributed by atoms with van der Waals surface area (Å²) in [5.74, 6) is 0.781. The molecular formula is C25H29FN2O3. The Bertz CT molecular complexity index is 978. The van der Waals surface area contributed by atoms with Crippen molar-refractivity contribution >= 4 is 12.0 Å². The Hall–Kier alpha value is -3.25. The Balaban J connectivity index is 0.000000807. The van der Waals surface area contributed by atoms with Crippen LogP contribution in [0.3, 0.4) is 0 Å². The molecule has 0 fully saturated rings. The average molecular weight is 425 g/mol. The molecule has 6 heteroatoms. The van der Waals surface area contributed by atoms with Crippen LogP contribution in [0.2, 0.25) is 0 Å². The molecule has 5 nitrogen and oxygen atoms in total. The first kappa shape index (κ1) is 24.0. The first-order valence-electron chi connectivity index (χ1n) is 10.4. The lowest BCUT2D eigenvalue weighted by Crippen LogP contribution is -2.21. The summed E-state index contributed by atoms with van der Waals surface area (Å²) in [7, 11) is 1.00. The number of rotatable bonds is 5. The van der Waals surface area contributed by atoms with Gasteiger partial charge in [0.1, 0.15) is 11.6 Å². The lowest BCUT2D eigenvalue weighted by atomic mass is 9.91. The maximum Gasteiger partial charge on any atom is 0.152 e. The molecule has 31 heavy (non-hydrogen) atoms. The third kappa shape index (κ3) is 5.89. The number of nitrogens with one attached hydrogen (secondary N) is 1. The number of hydrogen-bond donors (Lipinski definition) is 2. The number of ether oxygens (including phenoxy) is 1. The summed E-state index contributed by atoms with van der Waals surface area (Å²) in [6, 6.07) is 14.3. The number of benzene rings is 2. The topological polar surface area (TPSA) is 71.5 Å². The predicted molar refractivity (Wildman–Crippen MR) is 122 cm³/mol. The highest BCUT2D eigenvalue weighted by molar-refractivity contribution is 5.83. The van der Waals surface area contributed by atoms with Crippen LogP contribution in [-0.2, 0) is 0 Å². The summed E-state index contributed by atoms with van der Waals surface area (Å²) >= 11 is 0. The van der Waals surface area contributed by atoms with Crippen LogP contribution >= 0.6 is 0 Å². The largest absolute Gasteiger partial charge is 0.493 e. The van der Waals surface area contributed by atoms with Crippen molar-refractivity contribution in [3.63, 3.8) is 0 Å². The summed E-state index contributed by atoms with van der Waals surface area (Å²) in [6.45, 7) is 5.27. The van der Waals surface area contributed by atoms with Gasteiger partial charge in [-0.05, 0) is 35.7 Å². The lowest BCUT2D eigenvalue weighted by Gasteiger charge is -2.27. The number of halogens is 1. The third-order valence-electron chi connectivity index (χ3n) is 4.88. The minimum Gasteiger partial charge on any atom is -0.493 e. The maximum absolute atomic E-state index is 14.1. The molecule has 0 saturated carbocycles. The minimum atomic E-state index is -0.246. The van der Waals surface area contributed by atoms with Crippen molar-refractivity contribution in [1.82, 2.24) is 4.98 Å². The standard InChI is InChI=1S/C22H19FN2O2.C2H6.CH4O/c23-20-4-2-1-3-18(20)15-5-6-19-16(8-10-27-22(19)11-15)12-25-21-13-24-9-7-17(21)14-26;2*1-2/h1-7,9,11,13-14,16,25H,8,10,12H2;1-2H3;2H,1H3. The van der Waals surface area contributed by atoms with Gasteiger partial charge in [0.2, 0.25) is 0 Å². The molecule has 1 aliphatic heterocycles. The molecule has 1 aliphatic rings. The number of carbonyl (C=O) groups excluding carboxylic acids is 1. The number of carbonyl (C=O) groups is 1. The normalized spacial score (nSPS) is 13.9. The molecule has 1 unspecified atom stereocenters. The Morgan fingerprint density at radius 1 is 1.19 bits per heavy atom. The van der Waals surface area contributed by atoms with Gasteiger partial charge in [0.15, 0.2) is 6.29 Å². The van der Waals surface area contributed by atoms with Crippen molar-refractivity contribution in [2.75, 3.05) is 25.6 Å². The molecule has 0 amide bonds. The number of anilines is 1. The Morgan fingerprint density at radius 2 is 1.97 bits per heavy atom. The number of aldehydes is 1. The summed E-state index contributed by atoms with van der Waals surface area (Å²) in [5, 5.41) is 10.3. The zero-order chi connectivity index (χ0) is 22.6. The molecule has 164 valence electrons. The number of aromatic nitrogens is 1. The molecule has 4 rings (SSSR count). The smallest absolute Gasteiger partial charge is 0.152 e. The van der Waals surface area contributed by atoms with E-state index >= 15 is 0 Å². The van der Waals surface area contributed by atoms with Crippen LogP contribution in [0, 0.1) is 5.82 Å². The van der Waals surface area contributed by atoms with Crippen LogP contribution in [0.25, 0.3) is 11.1 Å². The van der Waals surface area contributed by atoms with E-state index in [2.05, 4.69) is 10.3 Å². The van der Waals surface area contributed by atoms with Crippen LogP contribution in [0.1, 0.15) is 42.1 Å². The second-order valence-electron chi connectivity index (χ2n) is 6.53. The van der Waals surface area contributed by atoms with Gasteiger partial charge in [-0.2, -0.15) is 0 Å². The summed E-state index contributed by atoms with van der Waals surface area (Å²) in [4.78, 5) is 15.2. The van der Waals surface area contributed by atoms with Crippen LogP contribution in [0.4, 0.5) is 10.1 Å². The van der Waals surface area contributed by atoms with E-state index in [1.54, 1.807) is 30.6 Å². The van der Waals surface area contributed by atoms with E-state index in [4.69, 9.17) is 9.84 Å². The van der Waals surface area contributed by atoms with Crippen molar-refractivity contribution in [3.8, 4) is 16.9 Å². The van der Waals surface area contributed by atoms with Gasteiger partial charge in [-0.3, -0.25) is 9.78 Å². The van der Waals surface area contributed by atoms with Gasteiger partial charge < -0.3 is 15.2 Å². The monoisotopic (exact) mass is 424 g/mol. The highest BCUT2D eigenvalue weighted by Gasteiger charge is 2.22. The van der Waals surface area contributed by atoms with Crippen LogP contribution < -0.4 is 10.1 Å². The molecule has 0 spiro atoms. The highest BCUT2D eigenvalue weighted by Crippen LogP contribution is 2.37. The molecule has 1 atom stereocenters. The van der Waals surface area contributed by atoms with Crippen LogP contribution in [-0.4, -0.2) is 36.6 Å². The van der Waals surface area contributed by atoms with Gasteiger partial charge in [0.25, 0.3) is 0 Å². The number of nitrogens with zero attached hydrogens (tertiary/aromatic N) is 1. The zero-order valence-corrected chi connectivity index (χ0v) is 18.1. The maximum atomic E-state index is 14.1. The molecule has 2 N–H and O–H groups in total. The van der Waals surface area contributed by atoms with Gasteiger partial charge >= 0.3 is 0 Å². The lowest BCUT2D eigenvalue weighted by molar-refractivity contribution is 0.112. The predicted octanol–water partition coefficient (Wildman–Crippen LogP) is 5.31. The quantitative estimate of drug-likeness (QED) is 0.543. The fourth-order valence-corrected chi connectivity index (χ4v) is 3.43. The zero-order valence-electron chi connectivity index (χ0n) is 18.1. The number of aliphatic hydroxyl groups excluding tert-OH is 1. The van der Waals surface area contributed by atoms with Crippen LogP contribution in [0.5, 0.6) is 5.75 Å². The Labute approximate surface area is 182 Å².